The summed E-state index contributed by atoms with van der Waals surface area (Å²) in [5, 5.41) is 7.86. The van der Waals surface area contributed by atoms with Gasteiger partial charge < -0.3 is 5.32 Å². The lowest BCUT2D eigenvalue weighted by molar-refractivity contribution is 0.590. The van der Waals surface area contributed by atoms with E-state index in [-0.39, 0.29) is 5.82 Å². The Balaban J connectivity index is 2.28. The van der Waals surface area contributed by atoms with Gasteiger partial charge in [-0.05, 0) is 29.9 Å². The van der Waals surface area contributed by atoms with E-state index in [9.17, 15) is 4.39 Å². The lowest BCUT2D eigenvalue weighted by Gasteiger charge is -2.09. The number of hydrogen-bond donors (Lipinski definition) is 1. The van der Waals surface area contributed by atoms with Crippen molar-refractivity contribution in [1.29, 1.82) is 0 Å². The first-order valence-electron chi connectivity index (χ1n) is 5.72. The van der Waals surface area contributed by atoms with Crippen molar-refractivity contribution >= 4 is 11.8 Å². The van der Waals surface area contributed by atoms with Crippen molar-refractivity contribution in [3.8, 4) is 0 Å². The summed E-state index contributed by atoms with van der Waals surface area (Å²) in [5.74, 6) is -0.224. The second-order valence-electron chi connectivity index (χ2n) is 3.78. The maximum Gasteiger partial charge on any atom is 0.190 e. The van der Waals surface area contributed by atoms with E-state index in [4.69, 9.17) is 0 Å². The summed E-state index contributed by atoms with van der Waals surface area (Å²) in [6.07, 6.45) is 1.47. The number of rotatable bonds is 5. The molecule has 0 bridgehead atoms. The van der Waals surface area contributed by atoms with Crippen molar-refractivity contribution in [2.24, 2.45) is 7.05 Å². The standard InChI is InChI=1S/C12H15FN4S/c1-3-14-7-9-5-4-6-10(13)11(9)18-12-15-8-16-17(12)2/h4-6,8,14H,3,7H2,1-2H3. The molecule has 2 rings (SSSR count). The molecule has 0 radical (unpaired) electrons. The first kappa shape index (κ1) is 13.0. The van der Waals surface area contributed by atoms with Crippen LogP contribution in [0.25, 0.3) is 0 Å². The van der Waals surface area contributed by atoms with E-state index in [0.29, 0.717) is 16.6 Å². The summed E-state index contributed by atoms with van der Waals surface area (Å²) >= 11 is 1.30. The summed E-state index contributed by atoms with van der Waals surface area (Å²) in [6, 6.07) is 5.11. The monoisotopic (exact) mass is 266 g/mol. The van der Waals surface area contributed by atoms with Gasteiger partial charge in [0.2, 0.25) is 0 Å². The Morgan fingerprint density at radius 1 is 1.44 bits per heavy atom. The van der Waals surface area contributed by atoms with Crippen LogP contribution in [0.5, 0.6) is 0 Å². The molecule has 1 aromatic heterocycles. The van der Waals surface area contributed by atoms with Gasteiger partial charge in [-0.3, -0.25) is 0 Å². The van der Waals surface area contributed by atoms with E-state index in [1.54, 1.807) is 17.8 Å². The van der Waals surface area contributed by atoms with Gasteiger partial charge in [0.05, 0.1) is 4.90 Å². The van der Waals surface area contributed by atoms with Crippen molar-refractivity contribution in [3.63, 3.8) is 0 Å². The van der Waals surface area contributed by atoms with Crippen LogP contribution in [0.1, 0.15) is 12.5 Å². The molecule has 1 heterocycles. The zero-order valence-corrected chi connectivity index (χ0v) is 11.2. The Morgan fingerprint density at radius 2 is 2.28 bits per heavy atom. The normalized spacial score (nSPS) is 10.8. The lowest BCUT2D eigenvalue weighted by Crippen LogP contribution is -2.12. The second-order valence-corrected chi connectivity index (χ2v) is 4.75. The van der Waals surface area contributed by atoms with Gasteiger partial charge in [0.15, 0.2) is 5.16 Å². The molecule has 0 aliphatic carbocycles. The van der Waals surface area contributed by atoms with Crippen molar-refractivity contribution in [3.05, 3.63) is 35.9 Å². The molecule has 18 heavy (non-hydrogen) atoms. The molecule has 0 saturated heterocycles. The summed E-state index contributed by atoms with van der Waals surface area (Å²) in [7, 11) is 1.79. The number of aryl methyl sites for hydroxylation is 1. The van der Waals surface area contributed by atoms with Crippen LogP contribution in [0.4, 0.5) is 4.39 Å². The minimum atomic E-state index is -0.224. The zero-order valence-electron chi connectivity index (χ0n) is 10.4. The van der Waals surface area contributed by atoms with Crippen LogP contribution in [-0.4, -0.2) is 21.3 Å². The Labute approximate surface area is 110 Å². The average molecular weight is 266 g/mol. The van der Waals surface area contributed by atoms with Crippen molar-refractivity contribution < 1.29 is 4.39 Å². The van der Waals surface area contributed by atoms with E-state index >= 15 is 0 Å². The largest absolute Gasteiger partial charge is 0.313 e. The van der Waals surface area contributed by atoms with Gasteiger partial charge in [0, 0.05) is 13.6 Å². The summed E-state index contributed by atoms with van der Waals surface area (Å²) in [5.41, 5.74) is 0.935. The molecular weight excluding hydrogens is 251 g/mol. The number of hydrogen-bond acceptors (Lipinski definition) is 4. The fraction of sp³-hybridized carbons (Fsp3) is 0.333. The molecule has 0 saturated carbocycles. The lowest BCUT2D eigenvalue weighted by atomic mass is 10.2. The SMILES string of the molecule is CCNCc1cccc(F)c1Sc1ncnn1C. The molecule has 96 valence electrons. The molecule has 2 aromatic rings. The highest BCUT2D eigenvalue weighted by Crippen LogP contribution is 2.31. The molecule has 1 aromatic carbocycles. The van der Waals surface area contributed by atoms with Gasteiger partial charge in [-0.2, -0.15) is 5.10 Å². The van der Waals surface area contributed by atoms with Crippen LogP contribution < -0.4 is 5.32 Å². The highest BCUT2D eigenvalue weighted by molar-refractivity contribution is 7.99. The molecule has 0 atom stereocenters. The quantitative estimate of drug-likeness (QED) is 0.901. The fourth-order valence-electron chi connectivity index (χ4n) is 1.54. The summed E-state index contributed by atoms with van der Waals surface area (Å²) < 4.78 is 15.5. The van der Waals surface area contributed by atoms with Crippen molar-refractivity contribution in [2.45, 2.75) is 23.5 Å². The van der Waals surface area contributed by atoms with Crippen LogP contribution >= 0.6 is 11.8 Å². The number of nitrogens with one attached hydrogen (secondary N) is 1. The zero-order chi connectivity index (χ0) is 13.0. The highest BCUT2D eigenvalue weighted by atomic mass is 32.2. The molecule has 0 spiro atoms. The van der Waals surface area contributed by atoms with Crippen LogP contribution in [-0.2, 0) is 13.6 Å². The number of nitrogens with zero attached hydrogens (tertiary/aromatic N) is 3. The van der Waals surface area contributed by atoms with Crippen molar-refractivity contribution in [1.82, 2.24) is 20.1 Å². The minimum Gasteiger partial charge on any atom is -0.313 e. The van der Waals surface area contributed by atoms with E-state index in [1.807, 2.05) is 13.0 Å². The molecule has 0 aliphatic rings. The highest BCUT2D eigenvalue weighted by Gasteiger charge is 2.12. The van der Waals surface area contributed by atoms with Gasteiger partial charge in [0.25, 0.3) is 0 Å². The van der Waals surface area contributed by atoms with Gasteiger partial charge >= 0.3 is 0 Å². The topological polar surface area (TPSA) is 42.7 Å². The Morgan fingerprint density at radius 3 is 2.94 bits per heavy atom. The van der Waals surface area contributed by atoms with E-state index in [2.05, 4.69) is 15.4 Å². The van der Waals surface area contributed by atoms with Crippen LogP contribution in [0.2, 0.25) is 0 Å². The molecule has 4 nitrogen and oxygen atoms in total. The Bertz CT molecular complexity index is 527. The number of benzene rings is 1. The third-order valence-electron chi connectivity index (χ3n) is 2.48. The van der Waals surface area contributed by atoms with Crippen LogP contribution in [0, 0.1) is 5.82 Å². The maximum absolute atomic E-state index is 13.9. The second kappa shape index (κ2) is 5.97. The Kier molecular flexibility index (Phi) is 4.33. The van der Waals surface area contributed by atoms with Crippen LogP contribution in [0.3, 0.4) is 0 Å². The van der Waals surface area contributed by atoms with E-state index in [1.165, 1.54) is 24.2 Å². The Hall–Kier alpha value is -1.40. The molecule has 6 heteroatoms. The smallest absolute Gasteiger partial charge is 0.190 e. The molecular formula is C12H15FN4S. The molecule has 0 fully saturated rings. The van der Waals surface area contributed by atoms with Gasteiger partial charge in [-0.25, -0.2) is 14.1 Å². The van der Waals surface area contributed by atoms with Gasteiger partial charge in [-0.15, -0.1) is 0 Å². The van der Waals surface area contributed by atoms with Crippen LogP contribution in [0.15, 0.2) is 34.6 Å². The van der Waals surface area contributed by atoms with Crippen molar-refractivity contribution in [2.75, 3.05) is 6.54 Å². The molecule has 1 N–H and O–H groups in total. The first-order chi connectivity index (χ1) is 8.72. The average Bonchev–Trinajstić information content (AvgIpc) is 2.76. The predicted octanol–water partition coefficient (Wildman–Crippen LogP) is 2.21. The van der Waals surface area contributed by atoms with E-state index in [0.717, 1.165) is 12.1 Å². The third kappa shape index (κ3) is 2.88. The number of aromatic nitrogens is 3. The molecule has 0 unspecified atom stereocenters. The fourth-order valence-corrected chi connectivity index (χ4v) is 2.43. The predicted molar refractivity (Wildman–Crippen MR) is 68.9 cm³/mol. The molecule has 0 aliphatic heterocycles. The maximum atomic E-state index is 13.9. The number of halogens is 1. The molecule has 0 amide bonds. The third-order valence-corrected chi connectivity index (χ3v) is 3.69. The summed E-state index contributed by atoms with van der Waals surface area (Å²) in [4.78, 5) is 4.71. The van der Waals surface area contributed by atoms with Gasteiger partial charge in [0.1, 0.15) is 12.1 Å². The summed E-state index contributed by atoms with van der Waals surface area (Å²) in [6.45, 7) is 3.52. The minimum absolute atomic E-state index is 0.224. The van der Waals surface area contributed by atoms with Gasteiger partial charge in [-0.1, -0.05) is 19.1 Å². The first-order valence-corrected chi connectivity index (χ1v) is 6.54. The van der Waals surface area contributed by atoms with E-state index < -0.39 is 0 Å².